The smallest absolute Gasteiger partial charge is 0.306 e. The van der Waals surface area contributed by atoms with Gasteiger partial charge in [0.1, 0.15) is 17.2 Å². The predicted octanol–water partition coefficient (Wildman–Crippen LogP) is 1.77. The van der Waals surface area contributed by atoms with Crippen LogP contribution in [-0.2, 0) is 4.79 Å². The number of carboxylic acid groups (broad SMARTS) is 1. The molecule has 0 atom stereocenters. The van der Waals surface area contributed by atoms with Gasteiger partial charge in [-0.1, -0.05) is 11.6 Å². The van der Waals surface area contributed by atoms with Gasteiger partial charge >= 0.3 is 5.97 Å². The molecule has 0 radical (unpaired) electrons. The van der Waals surface area contributed by atoms with Gasteiger partial charge in [-0.2, -0.15) is 0 Å². The maximum absolute atomic E-state index is 10.8. The van der Waals surface area contributed by atoms with Crippen LogP contribution >= 0.6 is 11.6 Å². The van der Waals surface area contributed by atoms with Crippen LogP contribution in [0.15, 0.2) is 6.33 Å². The van der Waals surface area contributed by atoms with Crippen molar-refractivity contribution in [2.24, 2.45) is 5.92 Å². The number of carbonyl (C=O) groups is 1. The quantitative estimate of drug-likeness (QED) is 0.774. The molecule has 0 aliphatic heterocycles. The number of nitrogen functional groups attached to an aromatic ring is 1. The van der Waals surface area contributed by atoms with Crippen molar-refractivity contribution in [1.82, 2.24) is 9.97 Å². The van der Waals surface area contributed by atoms with E-state index in [4.69, 9.17) is 22.4 Å². The summed E-state index contributed by atoms with van der Waals surface area (Å²) >= 11 is 5.98. The van der Waals surface area contributed by atoms with E-state index in [-0.39, 0.29) is 17.8 Å². The van der Waals surface area contributed by atoms with Gasteiger partial charge in [0, 0.05) is 6.04 Å². The van der Waals surface area contributed by atoms with Crippen LogP contribution in [0.4, 0.5) is 11.6 Å². The number of nitrogens with two attached hydrogens (primary N) is 1. The molecule has 1 aliphatic carbocycles. The van der Waals surface area contributed by atoms with E-state index in [1.165, 1.54) is 6.33 Å². The molecule has 0 saturated heterocycles. The van der Waals surface area contributed by atoms with Gasteiger partial charge < -0.3 is 16.2 Å². The summed E-state index contributed by atoms with van der Waals surface area (Å²) in [6.07, 6.45) is 4.28. The lowest BCUT2D eigenvalue weighted by Crippen LogP contribution is -2.29. The SMILES string of the molecule is Nc1ncnc(NC2CCC(C(=O)O)CC2)c1Cl. The number of anilines is 2. The number of aromatic nitrogens is 2. The summed E-state index contributed by atoms with van der Waals surface area (Å²) in [6.45, 7) is 0. The first-order valence-corrected chi connectivity index (χ1v) is 6.21. The van der Waals surface area contributed by atoms with Gasteiger partial charge in [0.25, 0.3) is 0 Å². The third kappa shape index (κ3) is 2.81. The number of carboxylic acids is 1. The molecule has 1 aromatic heterocycles. The number of aliphatic carboxylic acids is 1. The van der Waals surface area contributed by atoms with Gasteiger partial charge in [0.2, 0.25) is 0 Å². The molecule has 1 aliphatic rings. The fourth-order valence-electron chi connectivity index (χ4n) is 2.16. The van der Waals surface area contributed by atoms with E-state index in [0.29, 0.717) is 23.7 Å². The van der Waals surface area contributed by atoms with Crippen molar-refractivity contribution >= 4 is 29.2 Å². The largest absolute Gasteiger partial charge is 0.481 e. The van der Waals surface area contributed by atoms with Crippen LogP contribution in [0.1, 0.15) is 25.7 Å². The van der Waals surface area contributed by atoms with Crippen molar-refractivity contribution in [3.63, 3.8) is 0 Å². The third-order valence-corrected chi connectivity index (χ3v) is 3.61. The first kappa shape index (κ1) is 12.9. The Labute approximate surface area is 110 Å². The molecule has 1 aromatic rings. The molecule has 1 saturated carbocycles. The van der Waals surface area contributed by atoms with Crippen LogP contribution in [0.3, 0.4) is 0 Å². The van der Waals surface area contributed by atoms with E-state index in [1.807, 2.05) is 0 Å². The first-order chi connectivity index (χ1) is 8.58. The molecule has 2 rings (SSSR count). The second-order valence-corrected chi connectivity index (χ2v) is 4.83. The van der Waals surface area contributed by atoms with Crippen molar-refractivity contribution in [3.05, 3.63) is 11.3 Å². The first-order valence-electron chi connectivity index (χ1n) is 5.83. The van der Waals surface area contributed by atoms with E-state index < -0.39 is 5.97 Å². The van der Waals surface area contributed by atoms with E-state index in [0.717, 1.165) is 12.8 Å². The Morgan fingerprint density at radius 2 is 2.06 bits per heavy atom. The molecule has 98 valence electrons. The number of rotatable bonds is 3. The molecule has 6 nitrogen and oxygen atoms in total. The highest BCUT2D eigenvalue weighted by Gasteiger charge is 2.26. The highest BCUT2D eigenvalue weighted by molar-refractivity contribution is 6.35. The standard InChI is InChI=1S/C11H15ClN4O2/c12-8-9(13)14-5-15-10(8)16-7-3-1-6(2-4-7)11(17)18/h5-7H,1-4H2,(H,17,18)(H3,13,14,15,16). The fraction of sp³-hybridized carbons (Fsp3) is 0.545. The van der Waals surface area contributed by atoms with Crippen LogP contribution in [0, 0.1) is 5.92 Å². The summed E-state index contributed by atoms with van der Waals surface area (Å²) in [4.78, 5) is 18.7. The molecular weight excluding hydrogens is 256 g/mol. The summed E-state index contributed by atoms with van der Waals surface area (Å²) in [7, 11) is 0. The predicted molar refractivity (Wildman–Crippen MR) is 68.5 cm³/mol. The molecular formula is C11H15ClN4O2. The van der Waals surface area contributed by atoms with Crippen molar-refractivity contribution in [2.75, 3.05) is 11.1 Å². The van der Waals surface area contributed by atoms with Crippen molar-refractivity contribution < 1.29 is 9.90 Å². The minimum absolute atomic E-state index is 0.187. The van der Waals surface area contributed by atoms with Crippen LogP contribution in [0.5, 0.6) is 0 Å². The zero-order chi connectivity index (χ0) is 13.1. The summed E-state index contributed by atoms with van der Waals surface area (Å²) < 4.78 is 0. The Bertz CT molecular complexity index is 447. The molecule has 7 heteroatoms. The Hall–Kier alpha value is -1.56. The normalized spacial score (nSPS) is 23.6. The zero-order valence-corrected chi connectivity index (χ0v) is 10.5. The molecule has 1 heterocycles. The van der Waals surface area contributed by atoms with E-state index in [1.54, 1.807) is 0 Å². The van der Waals surface area contributed by atoms with Crippen LogP contribution in [0.2, 0.25) is 5.02 Å². The number of nitrogens with zero attached hydrogens (tertiary/aromatic N) is 2. The van der Waals surface area contributed by atoms with E-state index >= 15 is 0 Å². The maximum atomic E-state index is 10.8. The van der Waals surface area contributed by atoms with Gasteiger partial charge in [-0.05, 0) is 25.7 Å². The Morgan fingerprint density at radius 3 is 2.67 bits per heavy atom. The van der Waals surface area contributed by atoms with Gasteiger partial charge in [-0.25, -0.2) is 9.97 Å². The van der Waals surface area contributed by atoms with Crippen LogP contribution in [0.25, 0.3) is 0 Å². The number of halogens is 1. The zero-order valence-electron chi connectivity index (χ0n) is 9.77. The lowest BCUT2D eigenvalue weighted by atomic mass is 9.86. The van der Waals surface area contributed by atoms with Crippen molar-refractivity contribution in [2.45, 2.75) is 31.7 Å². The molecule has 0 aromatic carbocycles. The topological polar surface area (TPSA) is 101 Å². The minimum Gasteiger partial charge on any atom is -0.481 e. The highest BCUT2D eigenvalue weighted by Crippen LogP contribution is 2.29. The monoisotopic (exact) mass is 270 g/mol. The second kappa shape index (κ2) is 5.39. The third-order valence-electron chi connectivity index (χ3n) is 3.23. The van der Waals surface area contributed by atoms with Gasteiger partial charge in [-0.3, -0.25) is 4.79 Å². The fourth-order valence-corrected chi connectivity index (χ4v) is 2.31. The van der Waals surface area contributed by atoms with Crippen LogP contribution in [-0.4, -0.2) is 27.1 Å². The molecule has 4 N–H and O–H groups in total. The van der Waals surface area contributed by atoms with Gasteiger partial charge in [-0.15, -0.1) is 0 Å². The number of nitrogens with one attached hydrogen (secondary N) is 1. The molecule has 0 unspecified atom stereocenters. The lowest BCUT2D eigenvalue weighted by Gasteiger charge is -2.27. The molecule has 0 spiro atoms. The Morgan fingerprint density at radius 1 is 1.39 bits per heavy atom. The summed E-state index contributed by atoms with van der Waals surface area (Å²) in [6, 6.07) is 0.187. The average molecular weight is 271 g/mol. The number of hydrogen-bond donors (Lipinski definition) is 3. The average Bonchev–Trinajstić information content (AvgIpc) is 2.36. The lowest BCUT2D eigenvalue weighted by molar-refractivity contribution is -0.142. The highest BCUT2D eigenvalue weighted by atomic mass is 35.5. The summed E-state index contributed by atoms with van der Waals surface area (Å²) in [5, 5.41) is 12.4. The van der Waals surface area contributed by atoms with Gasteiger partial charge in [0.05, 0.1) is 5.92 Å². The molecule has 0 amide bonds. The molecule has 1 fully saturated rings. The number of hydrogen-bond acceptors (Lipinski definition) is 5. The maximum Gasteiger partial charge on any atom is 0.306 e. The second-order valence-electron chi connectivity index (χ2n) is 4.45. The molecule has 0 bridgehead atoms. The molecule has 18 heavy (non-hydrogen) atoms. The summed E-state index contributed by atoms with van der Waals surface area (Å²) in [5.41, 5.74) is 5.59. The summed E-state index contributed by atoms with van der Waals surface area (Å²) in [5.74, 6) is -0.178. The van der Waals surface area contributed by atoms with E-state index in [2.05, 4.69) is 15.3 Å². The minimum atomic E-state index is -0.710. The van der Waals surface area contributed by atoms with Gasteiger partial charge in [0.15, 0.2) is 5.82 Å². The Balaban J connectivity index is 1.96. The Kier molecular flexibility index (Phi) is 3.86. The van der Waals surface area contributed by atoms with Crippen molar-refractivity contribution in [1.29, 1.82) is 0 Å². The van der Waals surface area contributed by atoms with E-state index in [9.17, 15) is 4.79 Å². The van der Waals surface area contributed by atoms with Crippen LogP contribution < -0.4 is 11.1 Å². The van der Waals surface area contributed by atoms with Crippen molar-refractivity contribution in [3.8, 4) is 0 Å².